The number of aromatic nitrogens is 3. The Morgan fingerprint density at radius 1 is 0.889 bits per heavy atom. The zero-order valence-corrected chi connectivity index (χ0v) is 16.6. The van der Waals surface area contributed by atoms with Gasteiger partial charge in [0.05, 0.1) is 14.1 Å². The lowest BCUT2D eigenvalue weighted by molar-refractivity contribution is -0.890. The van der Waals surface area contributed by atoms with Crippen molar-refractivity contribution in [2.45, 2.75) is 30.3 Å². The van der Waals surface area contributed by atoms with Crippen LogP contribution in [0, 0.1) is 11.6 Å². The number of quaternary nitrogens is 1. The van der Waals surface area contributed by atoms with Crippen molar-refractivity contribution >= 4 is 11.8 Å². The summed E-state index contributed by atoms with van der Waals surface area (Å²) in [6, 6.07) is 12.9. The quantitative estimate of drug-likeness (QED) is 0.654. The molecule has 0 unspecified atom stereocenters. The third kappa shape index (κ3) is 4.36. The smallest absolute Gasteiger partial charge is 0.196 e. The van der Waals surface area contributed by atoms with Crippen LogP contribution in [-0.4, -0.2) is 28.9 Å². The Bertz CT molecular complexity index is 891. The van der Waals surface area contributed by atoms with Crippen LogP contribution in [0.15, 0.2) is 53.7 Å². The third-order valence-corrected chi connectivity index (χ3v) is 5.72. The molecule has 0 saturated heterocycles. The first-order chi connectivity index (χ1) is 12.9. The minimum atomic E-state index is -0.284. The van der Waals surface area contributed by atoms with Crippen molar-refractivity contribution in [2.24, 2.45) is 0 Å². The summed E-state index contributed by atoms with van der Waals surface area (Å²) in [5.41, 5.74) is 1.82. The molecule has 3 rings (SSSR count). The van der Waals surface area contributed by atoms with Crippen LogP contribution < -0.4 is 4.90 Å². The molecule has 1 aromatic heterocycles. The number of nitrogens with one attached hydrogen (secondary N) is 1. The van der Waals surface area contributed by atoms with E-state index in [4.69, 9.17) is 0 Å². The maximum Gasteiger partial charge on any atom is 0.196 e. The molecule has 0 spiro atoms. The van der Waals surface area contributed by atoms with E-state index in [9.17, 15) is 8.78 Å². The first kappa shape index (κ1) is 19.5. The van der Waals surface area contributed by atoms with E-state index >= 15 is 0 Å². The van der Waals surface area contributed by atoms with Crippen LogP contribution in [0.25, 0.3) is 5.69 Å². The fourth-order valence-electron chi connectivity index (χ4n) is 2.69. The molecule has 0 aliphatic rings. The molecule has 0 aliphatic heterocycles. The molecule has 3 aromatic rings. The first-order valence-electron chi connectivity index (χ1n) is 8.80. The van der Waals surface area contributed by atoms with Crippen LogP contribution in [0.3, 0.4) is 0 Å². The predicted octanol–water partition coefficient (Wildman–Crippen LogP) is 3.60. The molecule has 4 nitrogen and oxygen atoms in total. The third-order valence-electron chi connectivity index (χ3n) is 4.62. The van der Waals surface area contributed by atoms with Gasteiger partial charge in [-0.15, -0.1) is 10.2 Å². The van der Waals surface area contributed by atoms with Gasteiger partial charge in [-0.3, -0.25) is 4.57 Å². The van der Waals surface area contributed by atoms with Gasteiger partial charge in [0.1, 0.15) is 17.7 Å². The maximum absolute atomic E-state index is 13.4. The summed E-state index contributed by atoms with van der Waals surface area (Å²) in [5, 5.41) is 9.59. The van der Waals surface area contributed by atoms with Crippen LogP contribution in [0.1, 0.15) is 36.5 Å². The largest absolute Gasteiger partial charge is 0.331 e. The summed E-state index contributed by atoms with van der Waals surface area (Å²) in [6.07, 6.45) is 0. The minimum Gasteiger partial charge on any atom is -0.331 e. The van der Waals surface area contributed by atoms with E-state index in [0.29, 0.717) is 0 Å². The molecule has 2 aromatic carbocycles. The molecule has 1 heterocycles. The van der Waals surface area contributed by atoms with Crippen molar-refractivity contribution in [1.82, 2.24) is 14.8 Å². The van der Waals surface area contributed by atoms with Gasteiger partial charge in [0.15, 0.2) is 11.0 Å². The highest BCUT2D eigenvalue weighted by Crippen LogP contribution is 2.35. The van der Waals surface area contributed by atoms with Gasteiger partial charge < -0.3 is 4.90 Å². The summed E-state index contributed by atoms with van der Waals surface area (Å²) in [5.74, 6) is 0.277. The molecule has 2 atom stereocenters. The van der Waals surface area contributed by atoms with Crippen LogP contribution in [-0.2, 0) is 0 Å². The Hall–Kier alpha value is -2.25. The minimum absolute atomic E-state index is 0.0591. The van der Waals surface area contributed by atoms with Crippen LogP contribution in [0.5, 0.6) is 0 Å². The average molecular weight is 389 g/mol. The number of thioether (sulfide) groups is 1. The lowest BCUT2D eigenvalue weighted by Crippen LogP contribution is -3.05. The normalized spacial score (nSPS) is 13.7. The van der Waals surface area contributed by atoms with Crippen molar-refractivity contribution in [3.8, 4) is 5.69 Å². The molecule has 0 aliphatic carbocycles. The highest BCUT2D eigenvalue weighted by Gasteiger charge is 2.24. The molecule has 0 fully saturated rings. The Labute approximate surface area is 162 Å². The SMILES string of the molecule is C[C@@H](Sc1nnc([C@H](C)[NH+](C)C)n1-c1ccc(F)cc1)c1ccc(F)cc1. The second kappa shape index (κ2) is 8.19. The zero-order chi connectivity index (χ0) is 19.6. The summed E-state index contributed by atoms with van der Waals surface area (Å²) < 4.78 is 28.6. The summed E-state index contributed by atoms with van der Waals surface area (Å²) >= 11 is 1.54. The highest BCUT2D eigenvalue weighted by atomic mass is 32.2. The van der Waals surface area contributed by atoms with Gasteiger partial charge in [0, 0.05) is 10.9 Å². The second-order valence-electron chi connectivity index (χ2n) is 6.76. The molecule has 0 bridgehead atoms. The van der Waals surface area contributed by atoms with E-state index in [1.165, 1.54) is 29.2 Å². The number of benzene rings is 2. The van der Waals surface area contributed by atoms with Crippen molar-refractivity contribution in [3.05, 3.63) is 71.6 Å². The Balaban J connectivity index is 1.99. The Morgan fingerprint density at radius 3 is 2.00 bits per heavy atom. The van der Waals surface area contributed by atoms with Crippen LogP contribution >= 0.6 is 11.8 Å². The number of nitrogens with zero attached hydrogens (tertiary/aromatic N) is 3. The van der Waals surface area contributed by atoms with Crippen molar-refractivity contribution in [3.63, 3.8) is 0 Å². The number of hydrogen-bond donors (Lipinski definition) is 1. The van der Waals surface area contributed by atoms with Gasteiger partial charge in [-0.1, -0.05) is 23.9 Å². The standard InChI is InChI=1S/C20H22F2N4S/c1-13(25(3)4)19-23-24-20(26(19)18-11-9-17(22)10-12-18)27-14(2)15-5-7-16(21)8-6-15/h5-14H,1-4H3/p+1/t13-,14+/m0/s1. The molecule has 0 saturated carbocycles. The predicted molar refractivity (Wildman–Crippen MR) is 103 cm³/mol. The van der Waals surface area contributed by atoms with E-state index in [1.54, 1.807) is 36.0 Å². The summed E-state index contributed by atoms with van der Waals surface area (Å²) in [7, 11) is 4.12. The van der Waals surface area contributed by atoms with Crippen molar-refractivity contribution < 1.29 is 13.7 Å². The number of halogens is 2. The lowest BCUT2D eigenvalue weighted by atomic mass is 10.2. The molecular formula is C20H23F2N4S+. The van der Waals surface area contributed by atoms with Gasteiger partial charge in [-0.25, -0.2) is 8.78 Å². The fourth-order valence-corrected chi connectivity index (χ4v) is 3.69. The van der Waals surface area contributed by atoms with Gasteiger partial charge in [0.25, 0.3) is 0 Å². The average Bonchev–Trinajstić information content (AvgIpc) is 3.05. The number of hydrogen-bond acceptors (Lipinski definition) is 3. The van der Waals surface area contributed by atoms with E-state index in [0.717, 1.165) is 22.2 Å². The van der Waals surface area contributed by atoms with E-state index in [2.05, 4.69) is 31.2 Å². The molecular weight excluding hydrogens is 366 g/mol. The van der Waals surface area contributed by atoms with E-state index in [1.807, 2.05) is 11.5 Å². The van der Waals surface area contributed by atoms with Gasteiger partial charge in [-0.05, 0) is 55.8 Å². The number of rotatable bonds is 6. The Kier molecular flexibility index (Phi) is 5.92. The molecule has 27 heavy (non-hydrogen) atoms. The Morgan fingerprint density at radius 2 is 1.44 bits per heavy atom. The topological polar surface area (TPSA) is 35.2 Å². The molecule has 0 radical (unpaired) electrons. The van der Waals surface area contributed by atoms with Crippen LogP contribution in [0.2, 0.25) is 0 Å². The molecule has 1 N–H and O–H groups in total. The molecule has 0 amide bonds. The summed E-state index contributed by atoms with van der Waals surface area (Å²) in [6.45, 7) is 4.12. The van der Waals surface area contributed by atoms with Crippen molar-refractivity contribution in [2.75, 3.05) is 14.1 Å². The van der Waals surface area contributed by atoms with Gasteiger partial charge >= 0.3 is 0 Å². The van der Waals surface area contributed by atoms with Crippen LogP contribution in [0.4, 0.5) is 8.78 Å². The highest BCUT2D eigenvalue weighted by molar-refractivity contribution is 7.99. The van der Waals surface area contributed by atoms with Gasteiger partial charge in [-0.2, -0.15) is 0 Å². The summed E-state index contributed by atoms with van der Waals surface area (Å²) in [4.78, 5) is 1.22. The molecule has 142 valence electrons. The monoisotopic (exact) mass is 389 g/mol. The maximum atomic E-state index is 13.4. The zero-order valence-electron chi connectivity index (χ0n) is 15.8. The van der Waals surface area contributed by atoms with E-state index < -0.39 is 0 Å². The second-order valence-corrected chi connectivity index (χ2v) is 8.07. The van der Waals surface area contributed by atoms with Gasteiger partial charge in [0.2, 0.25) is 0 Å². The fraction of sp³-hybridized carbons (Fsp3) is 0.300. The van der Waals surface area contributed by atoms with Crippen molar-refractivity contribution in [1.29, 1.82) is 0 Å². The first-order valence-corrected chi connectivity index (χ1v) is 9.68. The van der Waals surface area contributed by atoms with E-state index in [-0.39, 0.29) is 22.9 Å². The lowest BCUT2D eigenvalue weighted by Gasteiger charge is -2.19. The molecule has 7 heteroatoms.